The molecule has 0 atom stereocenters. The van der Waals surface area contributed by atoms with E-state index in [0.29, 0.717) is 12.4 Å². The molecule has 1 heterocycles. The zero-order valence-electron chi connectivity index (χ0n) is 11.6. The number of anilines is 2. The summed E-state index contributed by atoms with van der Waals surface area (Å²) in [5.41, 5.74) is 3.29. The van der Waals surface area contributed by atoms with E-state index < -0.39 is 0 Å². The lowest BCUT2D eigenvalue weighted by Gasteiger charge is -2.15. The van der Waals surface area contributed by atoms with E-state index in [-0.39, 0.29) is 0 Å². The number of nitrogens with zero attached hydrogens (tertiary/aromatic N) is 2. The molecule has 4 heteroatoms. The van der Waals surface area contributed by atoms with Gasteiger partial charge in [-0.15, -0.1) is 0 Å². The Labute approximate surface area is 114 Å². The van der Waals surface area contributed by atoms with E-state index in [1.54, 1.807) is 13.3 Å². The van der Waals surface area contributed by atoms with E-state index in [9.17, 15) is 0 Å². The molecule has 0 radical (unpaired) electrons. The van der Waals surface area contributed by atoms with Crippen LogP contribution in [0.15, 0.2) is 42.6 Å². The molecule has 1 aromatic heterocycles. The van der Waals surface area contributed by atoms with Gasteiger partial charge in [0.25, 0.3) is 0 Å². The molecule has 100 valence electrons. The Balaban J connectivity index is 2.08. The molecule has 2 aromatic rings. The molecule has 1 aromatic carbocycles. The van der Waals surface area contributed by atoms with Crippen LogP contribution < -0.4 is 15.0 Å². The molecule has 0 aliphatic rings. The highest BCUT2D eigenvalue weighted by atomic mass is 16.5. The van der Waals surface area contributed by atoms with Crippen molar-refractivity contribution in [1.82, 2.24) is 4.98 Å². The SMILES string of the molecule is COc1ncccc1CNc1cccc(N(C)C)c1. The van der Waals surface area contributed by atoms with Gasteiger partial charge in [0.05, 0.1) is 7.11 Å². The number of pyridine rings is 1. The first-order valence-electron chi connectivity index (χ1n) is 6.20. The second-order valence-corrected chi connectivity index (χ2v) is 4.47. The summed E-state index contributed by atoms with van der Waals surface area (Å²) in [5.74, 6) is 0.666. The van der Waals surface area contributed by atoms with E-state index in [1.807, 2.05) is 32.3 Å². The number of methoxy groups -OCH3 is 1. The lowest BCUT2D eigenvalue weighted by molar-refractivity contribution is 0.393. The van der Waals surface area contributed by atoms with Crippen molar-refractivity contribution in [3.63, 3.8) is 0 Å². The van der Waals surface area contributed by atoms with Crippen molar-refractivity contribution in [2.75, 3.05) is 31.4 Å². The zero-order valence-corrected chi connectivity index (χ0v) is 11.6. The normalized spacial score (nSPS) is 10.1. The van der Waals surface area contributed by atoms with Crippen molar-refractivity contribution in [1.29, 1.82) is 0 Å². The molecule has 0 fully saturated rings. The number of aromatic nitrogens is 1. The monoisotopic (exact) mass is 257 g/mol. The van der Waals surface area contributed by atoms with E-state index >= 15 is 0 Å². The summed E-state index contributed by atoms with van der Waals surface area (Å²) in [7, 11) is 5.70. The second-order valence-electron chi connectivity index (χ2n) is 4.47. The molecule has 0 amide bonds. The van der Waals surface area contributed by atoms with Gasteiger partial charge in [0, 0.05) is 43.8 Å². The maximum Gasteiger partial charge on any atom is 0.218 e. The number of benzene rings is 1. The average molecular weight is 257 g/mol. The first-order chi connectivity index (χ1) is 9.20. The van der Waals surface area contributed by atoms with Crippen LogP contribution >= 0.6 is 0 Å². The molecular weight excluding hydrogens is 238 g/mol. The number of hydrogen-bond donors (Lipinski definition) is 1. The topological polar surface area (TPSA) is 37.4 Å². The highest BCUT2D eigenvalue weighted by Gasteiger charge is 2.03. The summed E-state index contributed by atoms with van der Waals surface area (Å²) in [5, 5.41) is 3.38. The van der Waals surface area contributed by atoms with Gasteiger partial charge in [-0.05, 0) is 24.3 Å². The molecule has 0 aliphatic heterocycles. The molecule has 0 bridgehead atoms. The zero-order chi connectivity index (χ0) is 13.7. The summed E-state index contributed by atoms with van der Waals surface area (Å²) in [4.78, 5) is 6.26. The fraction of sp³-hybridized carbons (Fsp3) is 0.267. The van der Waals surface area contributed by atoms with Crippen molar-refractivity contribution in [3.8, 4) is 5.88 Å². The average Bonchev–Trinajstić information content (AvgIpc) is 2.45. The molecule has 19 heavy (non-hydrogen) atoms. The van der Waals surface area contributed by atoms with Gasteiger partial charge < -0.3 is 15.0 Å². The van der Waals surface area contributed by atoms with Gasteiger partial charge >= 0.3 is 0 Å². The van der Waals surface area contributed by atoms with Gasteiger partial charge in [-0.3, -0.25) is 0 Å². The Morgan fingerprint density at radius 2 is 2.05 bits per heavy atom. The molecular formula is C15H19N3O. The van der Waals surface area contributed by atoms with Crippen LogP contribution in [0.2, 0.25) is 0 Å². The van der Waals surface area contributed by atoms with Gasteiger partial charge in [-0.25, -0.2) is 4.98 Å². The summed E-state index contributed by atoms with van der Waals surface area (Å²) >= 11 is 0. The molecule has 0 aliphatic carbocycles. The van der Waals surface area contributed by atoms with Crippen LogP contribution in [0.4, 0.5) is 11.4 Å². The smallest absolute Gasteiger partial charge is 0.218 e. The first-order valence-corrected chi connectivity index (χ1v) is 6.20. The van der Waals surface area contributed by atoms with Crippen LogP contribution in [0.5, 0.6) is 5.88 Å². The van der Waals surface area contributed by atoms with Crippen LogP contribution in [0.1, 0.15) is 5.56 Å². The molecule has 0 unspecified atom stereocenters. The Morgan fingerprint density at radius 1 is 1.21 bits per heavy atom. The fourth-order valence-electron chi connectivity index (χ4n) is 1.83. The molecule has 0 spiro atoms. The van der Waals surface area contributed by atoms with Crippen LogP contribution in [0.3, 0.4) is 0 Å². The van der Waals surface area contributed by atoms with Crippen molar-refractivity contribution in [2.45, 2.75) is 6.54 Å². The van der Waals surface area contributed by atoms with Crippen molar-refractivity contribution < 1.29 is 4.74 Å². The molecule has 2 rings (SSSR count). The minimum atomic E-state index is 0.666. The fourth-order valence-corrected chi connectivity index (χ4v) is 1.83. The van der Waals surface area contributed by atoms with Crippen LogP contribution in [-0.2, 0) is 6.54 Å². The minimum Gasteiger partial charge on any atom is -0.481 e. The number of ether oxygens (including phenoxy) is 1. The molecule has 4 nitrogen and oxygen atoms in total. The first kappa shape index (κ1) is 13.2. The summed E-state index contributed by atoms with van der Waals surface area (Å²) in [6.07, 6.45) is 1.73. The third kappa shape index (κ3) is 3.37. The van der Waals surface area contributed by atoms with Gasteiger partial charge in [-0.2, -0.15) is 0 Å². The lowest BCUT2D eigenvalue weighted by Crippen LogP contribution is -2.09. The molecule has 0 saturated carbocycles. The second kappa shape index (κ2) is 6.09. The van der Waals surface area contributed by atoms with E-state index in [1.165, 1.54) is 5.69 Å². The number of hydrogen-bond acceptors (Lipinski definition) is 4. The van der Waals surface area contributed by atoms with E-state index in [4.69, 9.17) is 4.74 Å². The van der Waals surface area contributed by atoms with Gasteiger partial charge in [0.15, 0.2) is 0 Å². The Morgan fingerprint density at radius 3 is 2.79 bits per heavy atom. The minimum absolute atomic E-state index is 0.666. The van der Waals surface area contributed by atoms with E-state index in [0.717, 1.165) is 11.3 Å². The summed E-state index contributed by atoms with van der Waals surface area (Å²) < 4.78 is 5.24. The predicted molar refractivity (Wildman–Crippen MR) is 78.9 cm³/mol. The van der Waals surface area contributed by atoms with Gasteiger partial charge in [0.1, 0.15) is 0 Å². The van der Waals surface area contributed by atoms with Crippen LogP contribution in [0.25, 0.3) is 0 Å². The Hall–Kier alpha value is -2.23. The molecule has 0 saturated heterocycles. The number of nitrogens with one attached hydrogen (secondary N) is 1. The highest BCUT2D eigenvalue weighted by molar-refractivity contribution is 5.57. The Bertz CT molecular complexity index is 540. The predicted octanol–water partition coefficient (Wildman–Crippen LogP) is 2.77. The largest absolute Gasteiger partial charge is 0.481 e. The van der Waals surface area contributed by atoms with E-state index in [2.05, 4.69) is 33.4 Å². The quantitative estimate of drug-likeness (QED) is 0.893. The maximum atomic E-state index is 5.24. The Kier molecular flexibility index (Phi) is 4.23. The molecule has 1 N–H and O–H groups in total. The maximum absolute atomic E-state index is 5.24. The van der Waals surface area contributed by atoms with Gasteiger partial charge in [0.2, 0.25) is 5.88 Å². The summed E-state index contributed by atoms with van der Waals surface area (Å²) in [6.45, 7) is 0.688. The van der Waals surface area contributed by atoms with Crippen LogP contribution in [-0.4, -0.2) is 26.2 Å². The highest BCUT2D eigenvalue weighted by Crippen LogP contribution is 2.20. The van der Waals surface area contributed by atoms with Crippen molar-refractivity contribution in [3.05, 3.63) is 48.2 Å². The standard InChI is InChI=1S/C15H19N3O/c1-18(2)14-8-4-7-13(10-14)17-11-12-6-5-9-16-15(12)19-3/h4-10,17H,11H2,1-3H3. The van der Waals surface area contributed by atoms with Crippen molar-refractivity contribution >= 4 is 11.4 Å². The van der Waals surface area contributed by atoms with Gasteiger partial charge in [-0.1, -0.05) is 12.1 Å². The third-order valence-corrected chi connectivity index (χ3v) is 2.89. The number of rotatable bonds is 5. The van der Waals surface area contributed by atoms with Crippen LogP contribution in [0, 0.1) is 0 Å². The summed E-state index contributed by atoms with van der Waals surface area (Å²) in [6, 6.07) is 12.2. The third-order valence-electron chi connectivity index (χ3n) is 2.89. The van der Waals surface area contributed by atoms with Crippen molar-refractivity contribution in [2.24, 2.45) is 0 Å². The lowest BCUT2D eigenvalue weighted by atomic mass is 10.2.